The Balaban J connectivity index is 0.000000374. The second-order valence-corrected chi connectivity index (χ2v) is 37.5. The molecule has 0 aliphatic carbocycles. The van der Waals surface area contributed by atoms with Crippen LogP contribution in [-0.4, -0.2) is 183 Å². The van der Waals surface area contributed by atoms with E-state index in [1.54, 1.807) is 0 Å². The fraction of sp³-hybridized carbons (Fsp3) is 0.621. The third kappa shape index (κ3) is 47.1. The summed E-state index contributed by atoms with van der Waals surface area (Å²) in [6, 6.07) is 9.25. The Morgan fingerprint density at radius 2 is 0.681 bits per heavy atom. The number of aromatic nitrogens is 18. The monoisotopic (exact) mass is 1980 g/mol. The molecule has 9 aromatic rings. The highest BCUT2D eigenvalue weighted by atomic mass is 31.2. The number of unbranched alkanes of at least 4 members (excludes halogenated alkanes) is 24. The van der Waals surface area contributed by atoms with Crippen LogP contribution in [-0.2, 0) is 106 Å². The Hall–Kier alpha value is -8.55. The molecule has 0 aliphatic heterocycles. The standard InChI is InChI=1S/C25H34F2N7O4P.2C22H31F2N6O4P.C9H19N2O2P.C9H19O.H3NO/c1-3-4-5-6-7-8-9-13-36-39(35,37-14-12-28-2)38-25(16-33-20-29-18-31-33,17-34-21-30-19-32-34)23-11-10-22(26)15-24(23)27;2*1-2-3-4-5-6-7-8-11-33-35(31,32)34-22(13-29-17-25-15-27-29,14-30-18-26-16-28-30)20-10-9-19(23)12-21(20)24;1-8(2)11(9(3)4)14(12)13-7-6-10-5;1-2-3-4-5-6-7-8-9-10;1-2/h10-11,15,18-21H,3-9,12-14,16-17H2,1H3;2*9-10,12,15-18H,2-8,11,13-14H2,1H3,(H,31,32);8-9,12H,6-7H2,1-4H3;10H,1-9H2;2H,1H2/q;;;;+1;. The van der Waals surface area contributed by atoms with Crippen LogP contribution in [0, 0.1) is 55.0 Å². The smallest absolute Gasteiger partial charge is 0.396 e. The zero-order valence-corrected chi connectivity index (χ0v) is 82.0. The van der Waals surface area contributed by atoms with Gasteiger partial charge in [0.25, 0.3) is 8.53 Å². The first-order valence-corrected chi connectivity index (χ1v) is 51.1. The minimum Gasteiger partial charge on any atom is -0.396 e. The van der Waals surface area contributed by atoms with Gasteiger partial charge in [-0.2, -0.15) is 30.6 Å². The molecule has 0 amide bonds. The highest BCUT2D eigenvalue weighted by molar-refractivity contribution is 7.48. The van der Waals surface area contributed by atoms with Crippen molar-refractivity contribution in [1.29, 1.82) is 0 Å². The van der Waals surface area contributed by atoms with Gasteiger partial charge in [-0.25, -0.2) is 122 Å². The molecule has 48 heteroatoms. The maximum Gasteiger partial charge on any atom is 0.476 e. The fourth-order valence-corrected chi connectivity index (χ4v) is 18.7. The third-order valence-corrected chi connectivity index (χ3v) is 25.7. The van der Waals surface area contributed by atoms with Crippen molar-refractivity contribution in [3.8, 4) is 0 Å². The quantitative estimate of drug-likeness (QED) is 0.00678. The summed E-state index contributed by atoms with van der Waals surface area (Å²) in [6.45, 7) is 31.3. The van der Waals surface area contributed by atoms with Crippen molar-refractivity contribution >= 4 is 32.0 Å². The topological polar surface area (TPSA) is 448 Å². The van der Waals surface area contributed by atoms with E-state index in [0.717, 1.165) is 139 Å². The van der Waals surface area contributed by atoms with Gasteiger partial charge >= 0.3 is 23.5 Å². The van der Waals surface area contributed by atoms with Crippen LogP contribution in [0.1, 0.15) is 245 Å². The largest absolute Gasteiger partial charge is 0.476 e. The number of phosphoric acid groups is 3. The summed E-state index contributed by atoms with van der Waals surface area (Å²) in [5.41, 5.74) is -5.99. The number of rotatable bonds is 64. The van der Waals surface area contributed by atoms with Gasteiger partial charge in [0.2, 0.25) is 13.1 Å². The molecule has 752 valence electrons. The molecule has 0 spiro atoms. The molecule has 9 rings (SSSR count). The number of benzene rings is 3. The van der Waals surface area contributed by atoms with E-state index in [1.807, 2.05) is 32.4 Å². The van der Waals surface area contributed by atoms with Crippen LogP contribution in [0.15, 0.2) is 131 Å². The van der Waals surface area contributed by atoms with Crippen LogP contribution in [0.2, 0.25) is 0 Å². The number of nitrogens with two attached hydrogens (primary N) is 1. The SMILES string of the molecule is CCCCCCCCCOP(=O)(O)OC(Cn1cncn1)(Cn1cncn1)c1ccc(F)cc1F.CCCCCCCCCOP(=O)(O)OC(Cn1cncn1)(Cn1cncn1)c1ccc(F)cc1F.NO.[C-]#[N+]CCOP(=O)(OCCCCCCCCC)OC(Cn1cncn1)(Cn1cncn1)c1ccc(F)cc1F.[C-]#[N+]CCOP(O)N(C(C)C)C(C)C.[CH2+]CCCCCCCCO. The first kappa shape index (κ1) is 119. The minimum absolute atomic E-state index is 0.00378. The predicted molar refractivity (Wildman–Crippen MR) is 493 cm³/mol. The molecule has 0 radical (unpaired) electrons. The van der Waals surface area contributed by atoms with Crippen LogP contribution in [0.3, 0.4) is 0 Å². The highest BCUT2D eigenvalue weighted by Crippen LogP contribution is 2.57. The molecule has 0 aliphatic rings. The number of nitrogens with zero attached hydrogens (tertiary/aromatic N) is 21. The zero-order chi connectivity index (χ0) is 99.1. The lowest BCUT2D eigenvalue weighted by Gasteiger charge is -2.36. The van der Waals surface area contributed by atoms with E-state index in [9.17, 15) is 41.5 Å². The summed E-state index contributed by atoms with van der Waals surface area (Å²) in [5.74, 6) is -1.75. The minimum atomic E-state index is -4.70. The van der Waals surface area contributed by atoms with E-state index >= 15 is 13.2 Å². The molecular weight excluding hydrogens is 1850 g/mol. The van der Waals surface area contributed by atoms with Crippen molar-refractivity contribution in [3.05, 3.63) is 212 Å². The summed E-state index contributed by atoms with van der Waals surface area (Å²) >= 11 is 0. The average molecular weight is 1990 g/mol. The summed E-state index contributed by atoms with van der Waals surface area (Å²) in [5, 5.41) is 39.2. The van der Waals surface area contributed by atoms with Gasteiger partial charge in [-0.05, 0) is 84.4 Å². The first-order valence-electron chi connectivity index (χ1n) is 45.5. The summed E-state index contributed by atoms with van der Waals surface area (Å²) < 4.78 is 181. The Bertz CT molecular complexity index is 4460. The molecule has 0 saturated heterocycles. The van der Waals surface area contributed by atoms with E-state index in [2.05, 4.69) is 104 Å². The Morgan fingerprint density at radius 3 is 0.948 bits per heavy atom. The van der Waals surface area contributed by atoms with E-state index < -0.39 is 83.7 Å². The lowest BCUT2D eigenvalue weighted by atomic mass is 9.93. The number of phosphoric ester groups is 3. The maximum absolute atomic E-state index is 15.3. The van der Waals surface area contributed by atoms with E-state index in [-0.39, 0.29) is 101 Å². The van der Waals surface area contributed by atoms with Gasteiger partial charge in [-0.15, -0.1) is 0 Å². The van der Waals surface area contributed by atoms with Crippen molar-refractivity contribution in [2.45, 2.75) is 296 Å². The van der Waals surface area contributed by atoms with Crippen molar-refractivity contribution in [2.75, 3.05) is 52.7 Å². The zero-order valence-electron chi connectivity index (χ0n) is 78.4. The Kier molecular flexibility index (Phi) is 59.5. The number of aliphatic hydroxyl groups excluding tert-OH is 1. The molecule has 6 heterocycles. The molecule has 0 bridgehead atoms. The second kappa shape index (κ2) is 67.7. The maximum atomic E-state index is 15.3. The van der Waals surface area contributed by atoms with E-state index in [1.165, 1.54) is 161 Å². The highest BCUT2D eigenvalue weighted by Gasteiger charge is 2.49. The number of aliphatic hydroxyl groups is 1. The first-order chi connectivity index (χ1) is 65.0. The summed E-state index contributed by atoms with van der Waals surface area (Å²) in [6.07, 6.45) is 45.3. The molecule has 6 aromatic heterocycles. The molecule has 7 N–H and O–H groups in total. The normalized spacial score (nSPS) is 13.2. The fourth-order valence-electron chi connectivity index (χ4n) is 13.9. The van der Waals surface area contributed by atoms with Gasteiger partial charge < -0.3 is 39.2 Å². The van der Waals surface area contributed by atoms with Gasteiger partial charge in [0.05, 0.1) is 72.4 Å². The number of hydrogen-bond donors (Lipinski definition) is 6. The lowest BCUT2D eigenvalue weighted by molar-refractivity contribution is -0.0255. The van der Waals surface area contributed by atoms with Crippen LogP contribution >= 0.6 is 32.0 Å². The lowest BCUT2D eigenvalue weighted by Crippen LogP contribution is -2.40. The van der Waals surface area contributed by atoms with Gasteiger partial charge in [-0.3, -0.25) is 31.7 Å². The molecule has 4 atom stereocenters. The Labute approximate surface area is 789 Å². The summed E-state index contributed by atoms with van der Waals surface area (Å²) in [7, 11) is -15.3. The van der Waals surface area contributed by atoms with Gasteiger partial charge in [0.1, 0.15) is 141 Å². The van der Waals surface area contributed by atoms with Crippen molar-refractivity contribution in [2.24, 2.45) is 5.90 Å². The predicted octanol–water partition coefficient (Wildman–Crippen LogP) is 19.0. The molecule has 135 heavy (non-hydrogen) atoms. The Morgan fingerprint density at radius 1 is 0.415 bits per heavy atom. The second-order valence-electron chi connectivity index (χ2n) is 31.9. The van der Waals surface area contributed by atoms with E-state index in [0.29, 0.717) is 57.2 Å². The van der Waals surface area contributed by atoms with Gasteiger partial charge in [0.15, 0.2) is 0 Å². The molecular formula is C87H137F6N22O16P4+. The van der Waals surface area contributed by atoms with Crippen LogP contribution in [0.4, 0.5) is 26.3 Å². The van der Waals surface area contributed by atoms with Crippen LogP contribution in [0.5, 0.6) is 0 Å². The van der Waals surface area contributed by atoms with Crippen LogP contribution < -0.4 is 5.90 Å². The molecule has 0 saturated carbocycles. The third-order valence-electron chi connectivity index (χ3n) is 20.2. The number of halogens is 6. The van der Waals surface area contributed by atoms with E-state index in [4.69, 9.17) is 59.6 Å². The van der Waals surface area contributed by atoms with Crippen molar-refractivity contribution in [1.82, 2.24) is 93.3 Å². The summed E-state index contributed by atoms with van der Waals surface area (Å²) in [4.78, 5) is 60.7. The van der Waals surface area contributed by atoms with Crippen molar-refractivity contribution in [3.63, 3.8) is 0 Å². The average Bonchev–Trinajstić information content (AvgIpc) is 1.74. The van der Waals surface area contributed by atoms with Gasteiger partial charge in [-0.1, -0.05) is 174 Å². The number of hydrogen-bond acceptors (Lipinski definition) is 28. The molecule has 38 nitrogen and oxygen atoms in total. The molecule has 4 unspecified atom stereocenters. The molecule has 0 fully saturated rings. The van der Waals surface area contributed by atoms with Crippen molar-refractivity contribution < 1.29 is 101 Å². The van der Waals surface area contributed by atoms with Gasteiger partial charge in [0, 0.05) is 53.6 Å². The molecule has 3 aromatic carbocycles. The van der Waals surface area contributed by atoms with Crippen LogP contribution in [0.25, 0.3) is 9.69 Å².